The molecule has 0 aromatic carbocycles. The maximum absolute atomic E-state index is 11.3. The van der Waals surface area contributed by atoms with Crippen molar-refractivity contribution in [2.45, 2.75) is 26.7 Å². The van der Waals surface area contributed by atoms with E-state index in [1.807, 2.05) is 0 Å². The van der Waals surface area contributed by atoms with E-state index in [1.165, 1.54) is 11.3 Å². The van der Waals surface area contributed by atoms with Gasteiger partial charge in [-0.05, 0) is 12.3 Å². The topological polar surface area (TPSA) is 62.7 Å². The van der Waals surface area contributed by atoms with Gasteiger partial charge in [-0.25, -0.2) is 9.78 Å². The molecule has 1 saturated heterocycles. The first-order valence-corrected chi connectivity index (χ1v) is 7.90. The van der Waals surface area contributed by atoms with Crippen LogP contribution in [-0.2, 0) is 17.6 Å². The van der Waals surface area contributed by atoms with Crippen molar-refractivity contribution in [2.24, 2.45) is 5.92 Å². The smallest absolute Gasteiger partial charge is 0.347 e. The molecule has 1 aliphatic rings. The average molecular weight is 298 g/mol. The molecule has 0 bridgehead atoms. The highest BCUT2D eigenvalue weighted by Crippen LogP contribution is 2.22. The number of nitrogens with zero attached hydrogens (tertiary/aromatic N) is 2. The standard InChI is InChI=1S/C14H22N2O3S/c1-10(2)9-11-13(14(17)18)20-12(15-11)3-4-16-5-7-19-8-6-16/h10H,3-9H2,1-2H3,(H,17,18). The second-order valence-corrected chi connectivity index (χ2v) is 6.57. The number of rotatable bonds is 6. The Hall–Kier alpha value is -0.980. The molecule has 1 aromatic heterocycles. The summed E-state index contributed by atoms with van der Waals surface area (Å²) in [5.74, 6) is -0.432. The third-order valence-electron chi connectivity index (χ3n) is 3.28. The molecule has 5 nitrogen and oxygen atoms in total. The molecular weight excluding hydrogens is 276 g/mol. The van der Waals surface area contributed by atoms with Crippen LogP contribution in [0, 0.1) is 5.92 Å². The molecule has 1 aliphatic heterocycles. The van der Waals surface area contributed by atoms with Crippen molar-refractivity contribution in [2.75, 3.05) is 32.8 Å². The molecule has 20 heavy (non-hydrogen) atoms. The molecule has 0 aliphatic carbocycles. The van der Waals surface area contributed by atoms with Crippen LogP contribution in [0.15, 0.2) is 0 Å². The van der Waals surface area contributed by atoms with Gasteiger partial charge in [0.1, 0.15) is 4.88 Å². The number of hydrogen-bond donors (Lipinski definition) is 1. The van der Waals surface area contributed by atoms with Crippen LogP contribution >= 0.6 is 11.3 Å². The summed E-state index contributed by atoms with van der Waals surface area (Å²) in [6.45, 7) is 8.58. The molecule has 1 fully saturated rings. The average Bonchev–Trinajstić information content (AvgIpc) is 2.80. The summed E-state index contributed by atoms with van der Waals surface area (Å²) in [4.78, 5) is 18.6. The van der Waals surface area contributed by atoms with Crippen LogP contribution in [0.1, 0.15) is 34.2 Å². The number of carbonyl (C=O) groups is 1. The highest BCUT2D eigenvalue weighted by Gasteiger charge is 2.19. The second kappa shape index (κ2) is 7.15. The molecule has 0 saturated carbocycles. The monoisotopic (exact) mass is 298 g/mol. The van der Waals surface area contributed by atoms with E-state index in [-0.39, 0.29) is 0 Å². The minimum absolute atomic E-state index is 0.413. The highest BCUT2D eigenvalue weighted by molar-refractivity contribution is 7.13. The fraction of sp³-hybridized carbons (Fsp3) is 0.714. The fourth-order valence-corrected chi connectivity index (χ4v) is 3.20. The Bertz CT molecular complexity index is 453. The molecule has 1 N–H and O–H groups in total. The van der Waals surface area contributed by atoms with Crippen LogP contribution in [-0.4, -0.2) is 53.8 Å². The first-order chi connectivity index (χ1) is 9.56. The van der Waals surface area contributed by atoms with Crippen LogP contribution < -0.4 is 0 Å². The van der Waals surface area contributed by atoms with Crippen LogP contribution in [0.3, 0.4) is 0 Å². The molecule has 6 heteroatoms. The van der Waals surface area contributed by atoms with Crippen molar-refractivity contribution in [3.63, 3.8) is 0 Å². The van der Waals surface area contributed by atoms with Gasteiger partial charge >= 0.3 is 5.97 Å². The summed E-state index contributed by atoms with van der Waals surface area (Å²) in [5.41, 5.74) is 0.745. The zero-order chi connectivity index (χ0) is 14.5. The summed E-state index contributed by atoms with van der Waals surface area (Å²) < 4.78 is 5.32. The predicted molar refractivity (Wildman–Crippen MR) is 78.6 cm³/mol. The third kappa shape index (κ3) is 4.26. The minimum Gasteiger partial charge on any atom is -0.477 e. The van der Waals surface area contributed by atoms with E-state index in [0.29, 0.717) is 10.8 Å². The van der Waals surface area contributed by atoms with Crippen LogP contribution in [0.5, 0.6) is 0 Å². The third-order valence-corrected chi connectivity index (χ3v) is 4.43. The van der Waals surface area contributed by atoms with Crippen molar-refractivity contribution in [1.29, 1.82) is 0 Å². The van der Waals surface area contributed by atoms with Gasteiger partial charge in [0.15, 0.2) is 0 Å². The van der Waals surface area contributed by atoms with E-state index < -0.39 is 5.97 Å². The van der Waals surface area contributed by atoms with Gasteiger partial charge in [0.05, 0.1) is 23.9 Å². The van der Waals surface area contributed by atoms with Crippen molar-refractivity contribution in [3.05, 3.63) is 15.6 Å². The summed E-state index contributed by atoms with van der Waals surface area (Å²) in [6.07, 6.45) is 1.55. The first-order valence-electron chi connectivity index (χ1n) is 7.08. The summed E-state index contributed by atoms with van der Waals surface area (Å²) in [5, 5.41) is 10.2. The van der Waals surface area contributed by atoms with Crippen molar-refractivity contribution >= 4 is 17.3 Å². The maximum Gasteiger partial charge on any atom is 0.347 e. The largest absolute Gasteiger partial charge is 0.477 e. The van der Waals surface area contributed by atoms with Gasteiger partial charge in [-0.15, -0.1) is 11.3 Å². The number of thiazole rings is 1. The van der Waals surface area contributed by atoms with Gasteiger partial charge in [-0.2, -0.15) is 0 Å². The van der Waals surface area contributed by atoms with Crippen LogP contribution in [0.25, 0.3) is 0 Å². The number of carboxylic acid groups (broad SMARTS) is 1. The molecule has 112 valence electrons. The Kier molecular flexibility index (Phi) is 5.51. The summed E-state index contributed by atoms with van der Waals surface area (Å²) in [7, 11) is 0. The van der Waals surface area contributed by atoms with Crippen molar-refractivity contribution < 1.29 is 14.6 Å². The molecule has 0 radical (unpaired) electrons. The number of ether oxygens (including phenoxy) is 1. The Morgan fingerprint density at radius 1 is 1.45 bits per heavy atom. The minimum atomic E-state index is -0.851. The molecule has 0 unspecified atom stereocenters. The molecule has 2 heterocycles. The SMILES string of the molecule is CC(C)Cc1nc(CCN2CCOCC2)sc1C(=O)O. The normalized spacial score (nSPS) is 16.8. The zero-order valence-corrected chi connectivity index (χ0v) is 12.9. The van der Waals surface area contributed by atoms with E-state index >= 15 is 0 Å². The van der Waals surface area contributed by atoms with Gasteiger partial charge < -0.3 is 9.84 Å². The fourth-order valence-electron chi connectivity index (χ4n) is 2.28. The quantitative estimate of drug-likeness (QED) is 0.869. The zero-order valence-electron chi connectivity index (χ0n) is 12.1. The molecular formula is C14H22N2O3S. The van der Waals surface area contributed by atoms with Gasteiger partial charge in [-0.3, -0.25) is 4.90 Å². The number of carboxylic acids is 1. The molecule has 2 rings (SSSR count). The Morgan fingerprint density at radius 3 is 2.75 bits per heavy atom. The number of aromatic carboxylic acids is 1. The predicted octanol–water partition coefficient (Wildman–Crippen LogP) is 1.91. The number of aromatic nitrogens is 1. The second-order valence-electron chi connectivity index (χ2n) is 5.49. The number of hydrogen-bond acceptors (Lipinski definition) is 5. The van der Waals surface area contributed by atoms with Gasteiger partial charge in [0.2, 0.25) is 0 Å². The van der Waals surface area contributed by atoms with E-state index in [1.54, 1.807) is 0 Å². The van der Waals surface area contributed by atoms with Crippen LogP contribution in [0.2, 0.25) is 0 Å². The van der Waals surface area contributed by atoms with Gasteiger partial charge in [-0.1, -0.05) is 13.8 Å². The van der Waals surface area contributed by atoms with E-state index in [2.05, 4.69) is 23.7 Å². The highest BCUT2D eigenvalue weighted by atomic mass is 32.1. The van der Waals surface area contributed by atoms with E-state index in [4.69, 9.17) is 4.74 Å². The maximum atomic E-state index is 11.3. The molecule has 0 spiro atoms. The lowest BCUT2D eigenvalue weighted by Crippen LogP contribution is -2.37. The first kappa shape index (κ1) is 15.4. The Morgan fingerprint density at radius 2 is 2.15 bits per heavy atom. The lowest BCUT2D eigenvalue weighted by Gasteiger charge is -2.25. The Labute approximate surface area is 123 Å². The van der Waals surface area contributed by atoms with Crippen LogP contribution in [0.4, 0.5) is 0 Å². The van der Waals surface area contributed by atoms with Gasteiger partial charge in [0.25, 0.3) is 0 Å². The lowest BCUT2D eigenvalue weighted by atomic mass is 10.1. The summed E-state index contributed by atoms with van der Waals surface area (Å²) >= 11 is 1.33. The number of morpholine rings is 1. The molecule has 1 aromatic rings. The van der Waals surface area contributed by atoms with Crippen molar-refractivity contribution in [3.8, 4) is 0 Å². The van der Waals surface area contributed by atoms with E-state index in [0.717, 1.165) is 56.4 Å². The Balaban J connectivity index is 1.98. The van der Waals surface area contributed by atoms with Gasteiger partial charge in [0, 0.05) is 26.1 Å². The van der Waals surface area contributed by atoms with Crippen molar-refractivity contribution in [1.82, 2.24) is 9.88 Å². The van der Waals surface area contributed by atoms with E-state index in [9.17, 15) is 9.90 Å². The lowest BCUT2D eigenvalue weighted by molar-refractivity contribution is 0.0384. The summed E-state index contributed by atoms with van der Waals surface area (Å²) in [6, 6.07) is 0. The molecule has 0 amide bonds. The molecule has 0 atom stereocenters.